The minimum absolute atomic E-state index is 0.519. The number of hydrogen-bond donors (Lipinski definition) is 2. The van der Waals surface area contributed by atoms with Gasteiger partial charge in [0, 0.05) is 33.1 Å². The molecule has 0 aromatic carbocycles. The Morgan fingerprint density at radius 3 is 2.09 bits per heavy atom. The second-order valence-electron chi connectivity index (χ2n) is 4.99. The van der Waals surface area contributed by atoms with Gasteiger partial charge in [0.1, 0.15) is 0 Å². The first-order chi connectivity index (χ1) is 10.7. The molecule has 0 bridgehead atoms. The van der Waals surface area contributed by atoms with Crippen LogP contribution in [0.5, 0.6) is 0 Å². The van der Waals surface area contributed by atoms with E-state index >= 15 is 0 Å². The van der Waals surface area contributed by atoms with Crippen LogP contribution in [0.1, 0.15) is 38.5 Å². The fourth-order valence-corrected chi connectivity index (χ4v) is 5.02. The Morgan fingerprint density at radius 2 is 1.55 bits per heavy atom. The highest BCUT2D eigenvalue weighted by atomic mass is 32.2. The number of rotatable bonds is 13. The van der Waals surface area contributed by atoms with Crippen molar-refractivity contribution in [2.45, 2.75) is 49.7 Å². The van der Waals surface area contributed by atoms with Crippen molar-refractivity contribution >= 4 is 32.8 Å². The van der Waals surface area contributed by atoms with Gasteiger partial charge in [-0.2, -0.15) is 4.98 Å². The highest BCUT2D eigenvalue weighted by Crippen LogP contribution is 2.19. The van der Waals surface area contributed by atoms with Gasteiger partial charge >= 0.3 is 8.80 Å². The Hall–Kier alpha value is -0.193. The molecule has 0 spiro atoms. The largest absolute Gasteiger partial charge is 0.500 e. The second-order valence-corrected chi connectivity index (χ2v) is 9.55. The van der Waals surface area contributed by atoms with Crippen molar-refractivity contribution in [2.75, 3.05) is 27.1 Å². The zero-order valence-corrected chi connectivity index (χ0v) is 16.3. The maximum atomic E-state index is 5.41. The second kappa shape index (κ2) is 11.4. The van der Waals surface area contributed by atoms with Crippen LogP contribution in [0.4, 0.5) is 0 Å². The highest BCUT2D eigenvalue weighted by Gasteiger charge is 2.36. The Kier molecular flexibility index (Phi) is 10.3. The van der Waals surface area contributed by atoms with Crippen LogP contribution in [0.2, 0.25) is 6.04 Å². The molecule has 0 radical (unpaired) electrons. The Labute approximate surface area is 143 Å². The summed E-state index contributed by atoms with van der Waals surface area (Å²) in [5.74, 6) is 1.07. The van der Waals surface area contributed by atoms with Crippen molar-refractivity contribution in [3.05, 3.63) is 4.77 Å². The van der Waals surface area contributed by atoms with Gasteiger partial charge in [0.2, 0.25) is 4.77 Å². The maximum Gasteiger partial charge on any atom is 0.500 e. The third-order valence-corrected chi connectivity index (χ3v) is 7.51. The van der Waals surface area contributed by atoms with Crippen molar-refractivity contribution in [2.24, 2.45) is 0 Å². The van der Waals surface area contributed by atoms with E-state index in [2.05, 4.69) is 15.2 Å². The molecule has 0 unspecified atom stereocenters. The lowest BCUT2D eigenvalue weighted by molar-refractivity contribution is 0.122. The van der Waals surface area contributed by atoms with Crippen LogP contribution in [-0.2, 0) is 13.3 Å². The van der Waals surface area contributed by atoms with Crippen LogP contribution in [0.3, 0.4) is 0 Å². The number of hydrogen-bond acceptors (Lipinski definition) is 6. The van der Waals surface area contributed by atoms with Gasteiger partial charge in [-0.15, -0.1) is 0 Å². The zero-order valence-electron chi connectivity index (χ0n) is 13.6. The first kappa shape index (κ1) is 19.9. The molecule has 6 nitrogen and oxygen atoms in total. The number of aromatic nitrogens is 3. The molecule has 0 atom stereocenters. The third-order valence-electron chi connectivity index (χ3n) is 3.53. The standard InChI is InChI=1S/C13H27N3O3S2Si/c1-17-22(18-2,19-3)11-9-7-5-4-6-8-10-21-13-14-12(20)15-16-13/h4-11H2,1-3H3,(H2,14,15,16,20). The molecule has 128 valence electrons. The number of aromatic amines is 2. The number of nitrogens with zero attached hydrogens (tertiary/aromatic N) is 1. The van der Waals surface area contributed by atoms with Crippen molar-refractivity contribution in [3.8, 4) is 0 Å². The minimum Gasteiger partial charge on any atom is -0.377 e. The Balaban J connectivity index is 1.96. The van der Waals surface area contributed by atoms with E-state index in [1.54, 1.807) is 33.1 Å². The molecular weight excluding hydrogens is 338 g/mol. The first-order valence-corrected chi connectivity index (χ1v) is 10.9. The lowest BCUT2D eigenvalue weighted by atomic mass is 10.1. The molecule has 1 rings (SSSR count). The van der Waals surface area contributed by atoms with Gasteiger partial charge < -0.3 is 13.3 Å². The van der Waals surface area contributed by atoms with Gasteiger partial charge in [-0.25, -0.2) is 0 Å². The number of thioether (sulfide) groups is 1. The molecule has 1 heterocycles. The molecule has 0 aliphatic rings. The quantitative estimate of drug-likeness (QED) is 0.240. The molecule has 1 aromatic rings. The van der Waals surface area contributed by atoms with Gasteiger partial charge in [-0.05, 0) is 25.1 Å². The molecule has 0 saturated carbocycles. The van der Waals surface area contributed by atoms with Crippen LogP contribution < -0.4 is 0 Å². The monoisotopic (exact) mass is 365 g/mol. The third kappa shape index (κ3) is 7.38. The van der Waals surface area contributed by atoms with E-state index in [1.165, 1.54) is 32.1 Å². The molecule has 2 N–H and O–H groups in total. The van der Waals surface area contributed by atoms with E-state index < -0.39 is 8.80 Å². The molecular formula is C13H27N3O3S2Si. The molecule has 0 fully saturated rings. The molecule has 0 amide bonds. The van der Waals surface area contributed by atoms with E-state index in [1.807, 2.05) is 0 Å². The molecule has 9 heteroatoms. The maximum absolute atomic E-state index is 5.41. The SMILES string of the molecule is CO[Si](CCCCCCCCSc1nc(=S)[nH][nH]1)(OC)OC. The molecule has 0 aliphatic carbocycles. The number of nitrogens with one attached hydrogen (secondary N) is 2. The predicted molar refractivity (Wildman–Crippen MR) is 93.8 cm³/mol. The Morgan fingerprint density at radius 1 is 0.955 bits per heavy atom. The number of unbranched alkanes of at least 4 members (excludes halogenated alkanes) is 5. The van der Waals surface area contributed by atoms with Crippen molar-refractivity contribution < 1.29 is 13.3 Å². The molecule has 0 saturated heterocycles. The molecule has 1 aromatic heterocycles. The summed E-state index contributed by atoms with van der Waals surface area (Å²) in [4.78, 5) is 4.15. The summed E-state index contributed by atoms with van der Waals surface area (Å²) in [5, 5.41) is 6.63. The van der Waals surface area contributed by atoms with E-state index in [0.29, 0.717) is 4.77 Å². The van der Waals surface area contributed by atoms with E-state index in [0.717, 1.165) is 23.4 Å². The van der Waals surface area contributed by atoms with E-state index in [-0.39, 0.29) is 0 Å². The fourth-order valence-electron chi connectivity index (χ4n) is 2.20. The van der Waals surface area contributed by atoms with Crippen molar-refractivity contribution in [1.82, 2.24) is 15.2 Å². The van der Waals surface area contributed by atoms with Gasteiger partial charge in [0.25, 0.3) is 0 Å². The van der Waals surface area contributed by atoms with Crippen molar-refractivity contribution in [3.63, 3.8) is 0 Å². The highest BCUT2D eigenvalue weighted by molar-refractivity contribution is 7.99. The van der Waals surface area contributed by atoms with E-state index in [9.17, 15) is 0 Å². The summed E-state index contributed by atoms with van der Waals surface area (Å²) in [5.41, 5.74) is 0. The van der Waals surface area contributed by atoms with Gasteiger partial charge in [-0.1, -0.05) is 37.4 Å². The van der Waals surface area contributed by atoms with Crippen LogP contribution in [0.15, 0.2) is 5.16 Å². The van der Waals surface area contributed by atoms with Gasteiger partial charge in [0.15, 0.2) is 5.16 Å². The van der Waals surface area contributed by atoms with Gasteiger partial charge in [-0.3, -0.25) is 10.2 Å². The molecule has 0 aliphatic heterocycles. The average Bonchev–Trinajstić information content (AvgIpc) is 2.95. The fraction of sp³-hybridized carbons (Fsp3) is 0.846. The zero-order chi connectivity index (χ0) is 16.3. The van der Waals surface area contributed by atoms with Crippen LogP contribution in [0, 0.1) is 4.77 Å². The smallest absolute Gasteiger partial charge is 0.377 e. The minimum atomic E-state index is -2.36. The van der Waals surface area contributed by atoms with Crippen LogP contribution in [-0.4, -0.2) is 51.1 Å². The lowest BCUT2D eigenvalue weighted by Gasteiger charge is -2.24. The summed E-state index contributed by atoms with van der Waals surface area (Å²) in [6.07, 6.45) is 7.26. The lowest BCUT2D eigenvalue weighted by Crippen LogP contribution is -2.42. The summed E-state index contributed by atoms with van der Waals surface area (Å²) in [6.45, 7) is 0. The summed E-state index contributed by atoms with van der Waals surface area (Å²) in [6, 6.07) is 0.894. The van der Waals surface area contributed by atoms with Crippen LogP contribution in [0.25, 0.3) is 0 Å². The Bertz CT molecular complexity index is 443. The summed E-state index contributed by atoms with van der Waals surface area (Å²) in [7, 11) is 2.65. The van der Waals surface area contributed by atoms with Crippen LogP contribution >= 0.6 is 24.0 Å². The normalized spacial score (nSPS) is 12.0. The van der Waals surface area contributed by atoms with Gasteiger partial charge in [0.05, 0.1) is 0 Å². The summed E-state index contributed by atoms with van der Waals surface area (Å²) >= 11 is 6.62. The first-order valence-electron chi connectivity index (χ1n) is 7.58. The topological polar surface area (TPSA) is 72.2 Å². The van der Waals surface area contributed by atoms with Crippen molar-refractivity contribution in [1.29, 1.82) is 0 Å². The molecule has 22 heavy (non-hydrogen) atoms. The van der Waals surface area contributed by atoms with E-state index in [4.69, 9.17) is 25.5 Å². The number of H-pyrrole nitrogens is 2. The summed E-state index contributed by atoms with van der Waals surface area (Å²) < 4.78 is 16.8. The predicted octanol–water partition coefficient (Wildman–Crippen LogP) is 3.78. The average molecular weight is 366 g/mol.